The van der Waals surface area contributed by atoms with Crippen molar-refractivity contribution in [2.45, 2.75) is 129 Å². The average molecular weight is 998 g/mol. The number of ether oxygens (including phenoxy) is 3. The van der Waals surface area contributed by atoms with Gasteiger partial charge in [-0.3, -0.25) is 34.0 Å². The van der Waals surface area contributed by atoms with Crippen LogP contribution < -0.4 is 10.7 Å². The number of methoxy groups -OCH3 is 1. The molecular weight excluding hydrogens is 927 g/mol. The fourth-order valence-electron chi connectivity index (χ4n) is 11.5. The van der Waals surface area contributed by atoms with Crippen LogP contribution in [0, 0.1) is 17.3 Å². The van der Waals surface area contributed by atoms with E-state index in [1.807, 2.05) is 69.5 Å². The lowest BCUT2D eigenvalue weighted by atomic mass is 9.83. The number of carbonyl (C=O) groups excluding carboxylic acids is 5. The molecule has 0 radical (unpaired) electrons. The van der Waals surface area contributed by atoms with E-state index in [4.69, 9.17) is 19.2 Å². The number of likely N-dealkylation sites (tertiary alicyclic amines) is 1. The molecule has 5 aliphatic heterocycles. The van der Waals surface area contributed by atoms with Crippen LogP contribution in [0.1, 0.15) is 102 Å². The predicted molar refractivity (Wildman–Crippen MR) is 278 cm³/mol. The number of aromatic nitrogens is 1. The lowest BCUT2D eigenvalue weighted by Crippen LogP contribution is -2.62. The standard InChI is InChI=1S/C57H71N7O9/c1-9-63-46-20-19-37-29-42(46)43(49(63)41-17-13-22-58-47(41)34(4)71-8)30-57(5,6)32-72-56(70)44-18-14-23-64(60-44)54(68)45(27-35-25-39(37)28-40(65)26-35)59-52(66)48(33(2)3)61(7)53(67)38-21-24-62(31-38)55(69)51-50(73-51)36-15-11-10-12-16-36/h10-12,15-16,19-20,22,25-26,28-29,33-34,38,44-45,48,50-51,60,65H,9,13-14,17-18,21,23-24,27,30-32H2,1-8H3,(H,59,66)/t34-,38-,44-,45-,48-,50?,51?/m0/s1. The summed E-state index contributed by atoms with van der Waals surface area (Å²) in [6, 6.07) is 18.2. The number of nitrogens with one attached hydrogen (secondary N) is 2. The SMILES string of the molecule is CCn1c(C2=C([C@H](C)OC)N=CCC2)c2c3cc(ccc31)-c1cc(O)cc(c1)C[C@H](NC(=O)[C@H](C(C)C)N(C)C(=O)[C@H]1CCN(C(=O)C3OC3c3ccccc3)C1)C(=O)N1CCC[C@H](N1)C(=O)OCC(C)(C)C2. The van der Waals surface area contributed by atoms with Gasteiger partial charge in [0.05, 0.1) is 30.0 Å². The number of rotatable bonds is 11. The molecule has 16 nitrogen and oxygen atoms in total. The number of amides is 4. The van der Waals surface area contributed by atoms with Crippen molar-refractivity contribution in [3.8, 4) is 16.9 Å². The van der Waals surface area contributed by atoms with E-state index in [0.717, 1.165) is 63.0 Å². The number of epoxide rings is 1. The quantitative estimate of drug-likeness (QED) is 0.107. The number of phenolic OH excluding ortho intramolecular Hbond substituents is 1. The van der Waals surface area contributed by atoms with Gasteiger partial charge in [-0.05, 0) is 110 Å². The van der Waals surface area contributed by atoms with E-state index in [-0.39, 0.29) is 61.8 Å². The van der Waals surface area contributed by atoms with Crippen molar-refractivity contribution in [3.05, 3.63) is 94.8 Å². The Bertz CT molecular complexity index is 2840. The number of benzene rings is 3. The Kier molecular flexibility index (Phi) is 15.0. The van der Waals surface area contributed by atoms with Crippen LogP contribution in [0.3, 0.4) is 0 Å². The largest absolute Gasteiger partial charge is 0.508 e. The maximum Gasteiger partial charge on any atom is 0.324 e. The maximum absolute atomic E-state index is 14.9. The normalized spacial score (nSPS) is 24.0. The molecule has 5 aliphatic rings. The van der Waals surface area contributed by atoms with Crippen molar-refractivity contribution in [1.29, 1.82) is 0 Å². The van der Waals surface area contributed by atoms with Crippen molar-refractivity contribution in [2.24, 2.45) is 22.2 Å². The molecule has 2 unspecified atom stereocenters. The number of aliphatic imine (C=N–C) groups is 1. The van der Waals surface area contributed by atoms with Gasteiger partial charge >= 0.3 is 5.97 Å². The number of nitrogens with zero attached hydrogens (tertiary/aromatic N) is 5. The Hall–Kier alpha value is -6.36. The Morgan fingerprint density at radius 3 is 2.53 bits per heavy atom. The molecule has 6 heterocycles. The van der Waals surface area contributed by atoms with E-state index in [2.05, 4.69) is 48.2 Å². The highest BCUT2D eigenvalue weighted by Crippen LogP contribution is 2.43. The number of fused-ring (bicyclic) bond motifs is 6. The van der Waals surface area contributed by atoms with Gasteiger partial charge in [0, 0.05) is 74.9 Å². The highest BCUT2D eigenvalue weighted by atomic mass is 16.6. The number of allylic oxidation sites excluding steroid dienone is 1. The van der Waals surface area contributed by atoms with Crippen LogP contribution >= 0.6 is 0 Å². The van der Waals surface area contributed by atoms with E-state index >= 15 is 0 Å². The molecule has 9 rings (SSSR count). The number of carbonyl (C=O) groups is 5. The number of likely N-dealkylation sites (N-methyl/N-ethyl adjacent to an activating group) is 1. The van der Waals surface area contributed by atoms with Crippen LogP contribution in [0.15, 0.2) is 77.4 Å². The van der Waals surface area contributed by atoms with E-state index in [0.29, 0.717) is 44.3 Å². The summed E-state index contributed by atoms with van der Waals surface area (Å²) < 4.78 is 20.1. The molecule has 3 saturated heterocycles. The summed E-state index contributed by atoms with van der Waals surface area (Å²) in [6.07, 6.45) is 4.33. The molecule has 388 valence electrons. The predicted octanol–water partition coefficient (Wildman–Crippen LogP) is 6.76. The molecule has 0 spiro atoms. The summed E-state index contributed by atoms with van der Waals surface area (Å²) in [5.41, 5.74) is 11.0. The highest BCUT2D eigenvalue weighted by molar-refractivity contribution is 5.96. The Morgan fingerprint density at radius 2 is 1.79 bits per heavy atom. The van der Waals surface area contributed by atoms with Crippen LogP contribution in [-0.4, -0.2) is 131 Å². The molecular formula is C57H71N7O9. The highest BCUT2D eigenvalue weighted by Gasteiger charge is 2.50. The lowest BCUT2D eigenvalue weighted by molar-refractivity contribution is -0.155. The molecule has 4 amide bonds. The second-order valence-electron chi connectivity index (χ2n) is 21.6. The van der Waals surface area contributed by atoms with Crippen molar-refractivity contribution in [2.75, 3.05) is 40.4 Å². The van der Waals surface area contributed by atoms with E-state index in [9.17, 15) is 29.1 Å². The zero-order valence-corrected chi connectivity index (χ0v) is 43.5. The summed E-state index contributed by atoms with van der Waals surface area (Å²) >= 11 is 0. The minimum Gasteiger partial charge on any atom is -0.508 e. The minimum absolute atomic E-state index is 0.00617. The number of hydrogen-bond donors (Lipinski definition) is 3. The first-order chi connectivity index (χ1) is 35.0. The Balaban J connectivity index is 1.03. The third kappa shape index (κ3) is 10.7. The molecule has 16 heteroatoms. The molecule has 4 aromatic rings. The first kappa shape index (κ1) is 51.5. The first-order valence-corrected chi connectivity index (χ1v) is 26.0. The number of aryl methyl sites for hydroxylation is 1. The smallest absolute Gasteiger partial charge is 0.324 e. The fourth-order valence-corrected chi connectivity index (χ4v) is 11.5. The van der Waals surface area contributed by atoms with Crippen molar-refractivity contribution in [1.82, 2.24) is 30.1 Å². The molecule has 73 heavy (non-hydrogen) atoms. The zero-order chi connectivity index (χ0) is 51.9. The van der Waals surface area contributed by atoms with Crippen LogP contribution in [0.2, 0.25) is 0 Å². The number of aromatic hydroxyl groups is 1. The topological polar surface area (TPSA) is 188 Å². The molecule has 7 atom stereocenters. The van der Waals surface area contributed by atoms with Crippen LogP contribution in [0.5, 0.6) is 5.75 Å². The third-order valence-electron chi connectivity index (χ3n) is 15.3. The number of esters is 1. The molecule has 3 aromatic carbocycles. The summed E-state index contributed by atoms with van der Waals surface area (Å²) in [5, 5.41) is 16.9. The molecule has 0 saturated carbocycles. The van der Waals surface area contributed by atoms with Crippen molar-refractivity contribution in [3.63, 3.8) is 0 Å². The molecule has 3 N–H and O–H groups in total. The van der Waals surface area contributed by atoms with Gasteiger partial charge in [-0.15, -0.1) is 0 Å². The third-order valence-corrected chi connectivity index (χ3v) is 15.3. The average Bonchev–Trinajstić information content (AvgIpc) is 3.93. The van der Waals surface area contributed by atoms with Crippen LogP contribution in [-0.2, 0) is 57.6 Å². The number of phenols is 1. The van der Waals surface area contributed by atoms with Crippen molar-refractivity contribution >= 4 is 52.3 Å². The summed E-state index contributed by atoms with van der Waals surface area (Å²) in [7, 11) is 3.30. The van der Waals surface area contributed by atoms with E-state index in [1.54, 1.807) is 31.2 Å². The second kappa shape index (κ2) is 21.2. The number of hydrogen-bond acceptors (Lipinski definition) is 11. The zero-order valence-electron chi connectivity index (χ0n) is 43.5. The minimum atomic E-state index is -1.17. The molecule has 0 aliphatic carbocycles. The van der Waals surface area contributed by atoms with E-state index in [1.165, 1.54) is 9.91 Å². The Labute approximate surface area is 428 Å². The number of hydrazine groups is 1. The number of cyclic esters (lactones) is 1. The fraction of sp³-hybridized carbons (Fsp3) is 0.509. The molecule has 6 bridgehead atoms. The summed E-state index contributed by atoms with van der Waals surface area (Å²) in [5.74, 6) is -2.80. The van der Waals surface area contributed by atoms with Gasteiger partial charge in [-0.1, -0.05) is 70.2 Å². The molecule has 1 aromatic heterocycles. The van der Waals surface area contributed by atoms with E-state index < -0.39 is 53.3 Å². The Morgan fingerprint density at radius 1 is 1.01 bits per heavy atom. The van der Waals surface area contributed by atoms with Gasteiger partial charge in [0.25, 0.3) is 11.8 Å². The van der Waals surface area contributed by atoms with Gasteiger partial charge in [0.1, 0.15) is 30.0 Å². The maximum atomic E-state index is 14.9. The second-order valence-corrected chi connectivity index (χ2v) is 21.6. The van der Waals surface area contributed by atoms with Gasteiger partial charge in [-0.2, -0.15) is 0 Å². The van der Waals surface area contributed by atoms with Crippen LogP contribution in [0.4, 0.5) is 0 Å². The van der Waals surface area contributed by atoms with Gasteiger partial charge in [0.2, 0.25) is 11.8 Å². The van der Waals surface area contributed by atoms with Gasteiger partial charge in [-0.25, -0.2) is 5.43 Å². The van der Waals surface area contributed by atoms with Crippen LogP contribution in [0.25, 0.3) is 27.6 Å². The molecule has 3 fully saturated rings. The summed E-state index contributed by atoms with van der Waals surface area (Å²) in [4.78, 5) is 79.4. The first-order valence-electron chi connectivity index (χ1n) is 26.0. The summed E-state index contributed by atoms with van der Waals surface area (Å²) in [6.45, 7) is 13.7. The lowest BCUT2D eigenvalue weighted by Gasteiger charge is -2.37. The van der Waals surface area contributed by atoms with Crippen molar-refractivity contribution < 1.29 is 43.3 Å². The van der Waals surface area contributed by atoms with Gasteiger partial charge < -0.3 is 39.0 Å². The van der Waals surface area contributed by atoms with Gasteiger partial charge in [0.15, 0.2) is 6.10 Å². The monoisotopic (exact) mass is 998 g/mol.